The molecule has 1 aliphatic heterocycles. The second kappa shape index (κ2) is 6.53. The van der Waals surface area contributed by atoms with Crippen molar-refractivity contribution in [2.24, 2.45) is 0 Å². The number of rotatable bonds is 4. The number of hydrogen-bond donors (Lipinski definition) is 0. The van der Waals surface area contributed by atoms with Crippen LogP contribution in [0.15, 0.2) is 59.6 Å². The van der Waals surface area contributed by atoms with Gasteiger partial charge in [-0.1, -0.05) is 36.0 Å². The predicted octanol–water partition coefficient (Wildman–Crippen LogP) is 3.98. The molecular weight excluding hydrogens is 322 g/mol. The van der Waals surface area contributed by atoms with Crippen molar-refractivity contribution in [3.05, 3.63) is 60.2 Å². The Labute approximate surface area is 143 Å². The minimum absolute atomic E-state index is 0.0481. The standard InChI is InChI=1S/C19H15NO3S/c21-16(14-5-7-17-18(11-14)23-10-9-22-17)12-24-19-8-6-13-3-1-2-4-15(13)20-19/h1-8,11H,9-10,12H2. The van der Waals surface area contributed by atoms with E-state index < -0.39 is 0 Å². The first-order chi connectivity index (χ1) is 11.8. The molecule has 5 heteroatoms. The van der Waals surface area contributed by atoms with Crippen LogP contribution in [0.25, 0.3) is 10.9 Å². The van der Waals surface area contributed by atoms with E-state index in [1.807, 2.05) is 36.4 Å². The molecule has 0 amide bonds. The molecule has 120 valence electrons. The van der Waals surface area contributed by atoms with Gasteiger partial charge in [0.2, 0.25) is 0 Å². The average molecular weight is 337 g/mol. The normalized spacial score (nSPS) is 13.0. The van der Waals surface area contributed by atoms with Gasteiger partial charge in [0.05, 0.1) is 16.3 Å². The summed E-state index contributed by atoms with van der Waals surface area (Å²) in [6, 6.07) is 17.3. The van der Waals surface area contributed by atoms with Crippen LogP contribution in [0, 0.1) is 0 Å². The molecular formula is C19H15NO3S. The molecule has 2 aromatic carbocycles. The second-order valence-electron chi connectivity index (χ2n) is 5.41. The van der Waals surface area contributed by atoms with Gasteiger partial charge in [-0.05, 0) is 30.3 Å². The minimum Gasteiger partial charge on any atom is -0.486 e. The van der Waals surface area contributed by atoms with Crippen LogP contribution in [0.5, 0.6) is 11.5 Å². The van der Waals surface area contributed by atoms with Crippen molar-refractivity contribution in [1.82, 2.24) is 4.98 Å². The number of ketones is 1. The molecule has 1 aromatic heterocycles. The molecule has 0 saturated heterocycles. The van der Waals surface area contributed by atoms with Crippen LogP contribution < -0.4 is 9.47 Å². The number of carbonyl (C=O) groups is 1. The number of hydrogen-bond acceptors (Lipinski definition) is 5. The average Bonchev–Trinajstić information content (AvgIpc) is 2.65. The molecule has 4 rings (SSSR count). The maximum Gasteiger partial charge on any atom is 0.173 e. The van der Waals surface area contributed by atoms with Crippen LogP contribution in [0.4, 0.5) is 0 Å². The number of fused-ring (bicyclic) bond motifs is 2. The number of carbonyl (C=O) groups excluding carboxylic acids is 1. The van der Waals surface area contributed by atoms with E-state index in [0.29, 0.717) is 36.0 Å². The summed E-state index contributed by atoms with van der Waals surface area (Å²) in [6.45, 7) is 1.06. The van der Waals surface area contributed by atoms with Crippen molar-refractivity contribution in [1.29, 1.82) is 0 Å². The Morgan fingerprint density at radius 3 is 2.75 bits per heavy atom. The molecule has 0 spiro atoms. The van der Waals surface area contributed by atoms with Gasteiger partial charge in [-0.25, -0.2) is 4.98 Å². The first-order valence-corrected chi connectivity index (χ1v) is 8.69. The Kier molecular flexibility index (Phi) is 4.09. The first kappa shape index (κ1) is 15.0. The highest BCUT2D eigenvalue weighted by Crippen LogP contribution is 2.31. The Bertz CT molecular complexity index is 910. The summed E-state index contributed by atoms with van der Waals surface area (Å²) in [6.07, 6.45) is 0. The Balaban J connectivity index is 1.47. The lowest BCUT2D eigenvalue weighted by molar-refractivity contribution is 0.102. The zero-order valence-corrected chi connectivity index (χ0v) is 13.7. The van der Waals surface area contributed by atoms with Gasteiger partial charge in [0, 0.05) is 10.9 Å². The van der Waals surface area contributed by atoms with Crippen LogP contribution in [0.1, 0.15) is 10.4 Å². The Morgan fingerprint density at radius 2 is 1.83 bits per heavy atom. The second-order valence-corrected chi connectivity index (χ2v) is 6.41. The van der Waals surface area contributed by atoms with Crippen molar-refractivity contribution in [3.63, 3.8) is 0 Å². The van der Waals surface area contributed by atoms with E-state index in [2.05, 4.69) is 4.98 Å². The van der Waals surface area contributed by atoms with E-state index in [-0.39, 0.29) is 5.78 Å². The summed E-state index contributed by atoms with van der Waals surface area (Å²) in [4.78, 5) is 17.0. The van der Waals surface area contributed by atoms with E-state index in [4.69, 9.17) is 9.47 Å². The molecule has 24 heavy (non-hydrogen) atoms. The molecule has 0 N–H and O–H groups in total. The highest BCUT2D eigenvalue weighted by molar-refractivity contribution is 7.99. The third kappa shape index (κ3) is 3.08. The number of para-hydroxylation sites is 1. The fourth-order valence-corrected chi connectivity index (χ4v) is 3.34. The van der Waals surface area contributed by atoms with Crippen molar-refractivity contribution >= 4 is 28.4 Å². The third-order valence-corrected chi connectivity index (χ3v) is 4.72. The fourth-order valence-electron chi connectivity index (χ4n) is 2.57. The molecule has 0 unspecified atom stereocenters. The smallest absolute Gasteiger partial charge is 0.173 e. The van der Waals surface area contributed by atoms with Crippen LogP contribution in [0.2, 0.25) is 0 Å². The van der Waals surface area contributed by atoms with Crippen molar-refractivity contribution in [2.75, 3.05) is 19.0 Å². The van der Waals surface area contributed by atoms with Crippen LogP contribution in [-0.2, 0) is 0 Å². The minimum atomic E-state index is 0.0481. The summed E-state index contributed by atoms with van der Waals surface area (Å²) < 4.78 is 11.0. The molecule has 0 saturated carbocycles. The van der Waals surface area contributed by atoms with Crippen molar-refractivity contribution in [2.45, 2.75) is 5.03 Å². The number of Topliss-reactive ketones (excluding diaryl/α,β-unsaturated/α-hetero) is 1. The van der Waals surface area contributed by atoms with Gasteiger partial charge in [0.15, 0.2) is 17.3 Å². The maximum absolute atomic E-state index is 12.4. The SMILES string of the molecule is O=C(CSc1ccc2ccccc2n1)c1ccc2c(c1)OCCO2. The lowest BCUT2D eigenvalue weighted by Crippen LogP contribution is -2.16. The number of aromatic nitrogens is 1. The first-order valence-electron chi connectivity index (χ1n) is 7.71. The van der Waals surface area contributed by atoms with Gasteiger partial charge < -0.3 is 9.47 Å². The molecule has 0 atom stereocenters. The van der Waals surface area contributed by atoms with Crippen LogP contribution in [-0.4, -0.2) is 29.7 Å². The summed E-state index contributed by atoms with van der Waals surface area (Å²) in [5.74, 6) is 1.72. The Morgan fingerprint density at radius 1 is 1.00 bits per heavy atom. The summed E-state index contributed by atoms with van der Waals surface area (Å²) >= 11 is 1.44. The molecule has 0 fully saturated rings. The van der Waals surface area contributed by atoms with Gasteiger partial charge in [0.25, 0.3) is 0 Å². The predicted molar refractivity (Wildman–Crippen MR) is 94.2 cm³/mol. The van der Waals surface area contributed by atoms with Gasteiger partial charge >= 0.3 is 0 Å². The lowest BCUT2D eigenvalue weighted by Gasteiger charge is -2.18. The number of ether oxygens (including phenoxy) is 2. The summed E-state index contributed by atoms with van der Waals surface area (Å²) in [5.41, 5.74) is 1.57. The van der Waals surface area contributed by atoms with Crippen LogP contribution >= 0.6 is 11.8 Å². The monoisotopic (exact) mass is 337 g/mol. The lowest BCUT2D eigenvalue weighted by atomic mass is 10.1. The van der Waals surface area contributed by atoms with E-state index in [1.165, 1.54) is 11.8 Å². The van der Waals surface area contributed by atoms with Crippen molar-refractivity contribution < 1.29 is 14.3 Å². The summed E-state index contributed by atoms with van der Waals surface area (Å²) in [5, 5.41) is 1.94. The van der Waals surface area contributed by atoms with Crippen molar-refractivity contribution in [3.8, 4) is 11.5 Å². The zero-order valence-electron chi connectivity index (χ0n) is 12.9. The topological polar surface area (TPSA) is 48.4 Å². The molecule has 4 nitrogen and oxygen atoms in total. The fraction of sp³-hybridized carbons (Fsp3) is 0.158. The molecule has 0 bridgehead atoms. The number of pyridine rings is 1. The highest BCUT2D eigenvalue weighted by atomic mass is 32.2. The zero-order chi connectivity index (χ0) is 16.4. The molecule has 3 aromatic rings. The quantitative estimate of drug-likeness (QED) is 0.532. The third-order valence-electron chi connectivity index (χ3n) is 3.79. The van der Waals surface area contributed by atoms with Gasteiger partial charge in [0.1, 0.15) is 13.2 Å². The maximum atomic E-state index is 12.4. The number of thioether (sulfide) groups is 1. The Hall–Kier alpha value is -2.53. The van der Waals surface area contributed by atoms with E-state index in [9.17, 15) is 4.79 Å². The van der Waals surface area contributed by atoms with E-state index in [0.717, 1.165) is 15.9 Å². The molecule has 0 aliphatic carbocycles. The molecule has 0 radical (unpaired) electrons. The number of benzene rings is 2. The highest BCUT2D eigenvalue weighted by Gasteiger charge is 2.15. The molecule has 2 heterocycles. The van der Waals surface area contributed by atoms with Gasteiger partial charge in [-0.3, -0.25) is 4.79 Å². The number of nitrogens with zero attached hydrogens (tertiary/aromatic N) is 1. The van der Waals surface area contributed by atoms with Gasteiger partial charge in [-0.2, -0.15) is 0 Å². The van der Waals surface area contributed by atoms with Crippen LogP contribution in [0.3, 0.4) is 0 Å². The molecule has 1 aliphatic rings. The van der Waals surface area contributed by atoms with E-state index in [1.54, 1.807) is 18.2 Å². The van der Waals surface area contributed by atoms with Gasteiger partial charge in [-0.15, -0.1) is 0 Å². The van der Waals surface area contributed by atoms with E-state index >= 15 is 0 Å². The summed E-state index contributed by atoms with van der Waals surface area (Å²) in [7, 11) is 0. The largest absolute Gasteiger partial charge is 0.486 e.